The van der Waals surface area contributed by atoms with Gasteiger partial charge in [0.15, 0.2) is 0 Å². The van der Waals surface area contributed by atoms with Crippen molar-refractivity contribution in [1.82, 2.24) is 5.32 Å². The molecule has 0 atom stereocenters. The minimum Gasteiger partial charge on any atom is -0.347 e. The topological polar surface area (TPSA) is 89.3 Å². The summed E-state index contributed by atoms with van der Waals surface area (Å²) in [5, 5.41) is 8.13. The highest BCUT2D eigenvalue weighted by atomic mass is 32.2. The lowest BCUT2D eigenvalue weighted by Crippen LogP contribution is -2.43. The van der Waals surface area contributed by atoms with Gasteiger partial charge in [-0.25, -0.2) is 13.6 Å². The van der Waals surface area contributed by atoms with E-state index in [0.29, 0.717) is 17.5 Å². The van der Waals surface area contributed by atoms with E-state index in [1.54, 1.807) is 12.1 Å². The van der Waals surface area contributed by atoms with Gasteiger partial charge in [0.05, 0.1) is 4.90 Å². The van der Waals surface area contributed by atoms with Gasteiger partial charge in [-0.3, -0.25) is 4.79 Å². The molecular formula is C15H24N2O3S. The maximum atomic E-state index is 12.3. The van der Waals surface area contributed by atoms with E-state index < -0.39 is 10.0 Å². The summed E-state index contributed by atoms with van der Waals surface area (Å²) < 4.78 is 23.2. The molecule has 0 radical (unpaired) electrons. The Morgan fingerprint density at radius 3 is 2.38 bits per heavy atom. The summed E-state index contributed by atoms with van der Waals surface area (Å²) in [6.07, 6.45) is 2.33. The molecule has 1 aromatic rings. The Hall–Kier alpha value is -1.40. The molecule has 118 valence electrons. The minimum absolute atomic E-state index is 0.0194. The Morgan fingerprint density at radius 1 is 1.29 bits per heavy atom. The first-order chi connectivity index (χ1) is 9.60. The van der Waals surface area contributed by atoms with Crippen LogP contribution in [0.25, 0.3) is 0 Å². The normalized spacial score (nSPS) is 12.2. The molecule has 1 aromatic carbocycles. The lowest BCUT2D eigenvalue weighted by Gasteiger charge is -2.26. The largest absolute Gasteiger partial charge is 0.347 e. The summed E-state index contributed by atoms with van der Waals surface area (Å²) in [5.74, 6) is -0.291. The fraction of sp³-hybridized carbons (Fsp3) is 0.533. The van der Waals surface area contributed by atoms with Crippen LogP contribution in [0.15, 0.2) is 23.1 Å². The molecule has 0 saturated carbocycles. The summed E-state index contributed by atoms with van der Waals surface area (Å²) >= 11 is 0. The fourth-order valence-corrected chi connectivity index (χ4v) is 3.19. The van der Waals surface area contributed by atoms with Gasteiger partial charge in [0.1, 0.15) is 0 Å². The Kier molecular flexibility index (Phi) is 5.53. The lowest BCUT2D eigenvalue weighted by atomic mass is 9.98. The smallest absolute Gasteiger partial charge is 0.251 e. The van der Waals surface area contributed by atoms with E-state index in [1.807, 2.05) is 27.7 Å². The van der Waals surface area contributed by atoms with Crippen LogP contribution in [0.4, 0.5) is 0 Å². The zero-order valence-corrected chi connectivity index (χ0v) is 13.9. The number of nitrogens with two attached hydrogens (primary N) is 1. The van der Waals surface area contributed by atoms with Crippen LogP contribution >= 0.6 is 0 Å². The highest BCUT2D eigenvalue weighted by molar-refractivity contribution is 7.89. The van der Waals surface area contributed by atoms with Gasteiger partial charge >= 0.3 is 0 Å². The number of sulfonamides is 1. The van der Waals surface area contributed by atoms with Gasteiger partial charge in [-0.05, 0) is 44.4 Å². The molecule has 21 heavy (non-hydrogen) atoms. The monoisotopic (exact) mass is 312 g/mol. The first-order valence-electron chi connectivity index (χ1n) is 7.09. The number of primary sulfonamides is 1. The zero-order chi connectivity index (χ0) is 16.3. The molecule has 0 unspecified atom stereocenters. The van der Waals surface area contributed by atoms with E-state index in [0.717, 1.165) is 12.8 Å². The Labute approximate surface area is 127 Å². The molecule has 0 aliphatic rings. The highest BCUT2D eigenvalue weighted by Gasteiger charge is 2.22. The summed E-state index contributed by atoms with van der Waals surface area (Å²) in [6, 6.07) is 4.62. The van der Waals surface area contributed by atoms with E-state index >= 15 is 0 Å². The molecule has 0 aliphatic carbocycles. The number of amides is 1. The number of hydrogen-bond donors (Lipinski definition) is 2. The maximum absolute atomic E-state index is 12.3. The molecule has 5 nitrogen and oxygen atoms in total. The molecule has 0 aliphatic heterocycles. The lowest BCUT2D eigenvalue weighted by molar-refractivity contribution is 0.0909. The number of nitrogens with one attached hydrogen (secondary N) is 1. The summed E-state index contributed by atoms with van der Waals surface area (Å²) in [6.45, 7) is 7.77. The third-order valence-electron chi connectivity index (χ3n) is 3.34. The van der Waals surface area contributed by atoms with E-state index in [-0.39, 0.29) is 16.3 Å². The number of aryl methyl sites for hydroxylation is 1. The number of benzene rings is 1. The van der Waals surface area contributed by atoms with Crippen molar-refractivity contribution in [1.29, 1.82) is 0 Å². The molecule has 0 heterocycles. The Morgan fingerprint density at radius 2 is 1.90 bits per heavy atom. The Balaban J connectivity index is 3.13. The molecule has 6 heteroatoms. The summed E-state index contributed by atoms with van der Waals surface area (Å²) in [5.41, 5.74) is 0.582. The standard InChI is InChI=1S/C15H24N2O3S/c1-5-9-15(3,4)17-14(18)12-8-7-11(6-2)13(10-12)21(16,19)20/h7-8,10H,5-6,9H2,1-4H3,(H,17,18)(H2,16,19,20). The minimum atomic E-state index is -3.84. The van der Waals surface area contributed by atoms with Crippen LogP contribution in [-0.2, 0) is 16.4 Å². The van der Waals surface area contributed by atoms with Gasteiger partial charge < -0.3 is 5.32 Å². The fourth-order valence-electron chi connectivity index (χ4n) is 2.32. The molecule has 0 saturated heterocycles. The zero-order valence-electron chi connectivity index (χ0n) is 13.1. The van der Waals surface area contributed by atoms with E-state index in [1.165, 1.54) is 6.07 Å². The molecule has 0 spiro atoms. The van der Waals surface area contributed by atoms with Crippen molar-refractivity contribution in [2.75, 3.05) is 0 Å². The van der Waals surface area contributed by atoms with Gasteiger partial charge in [-0.15, -0.1) is 0 Å². The van der Waals surface area contributed by atoms with Crippen LogP contribution < -0.4 is 10.5 Å². The van der Waals surface area contributed by atoms with Crippen molar-refractivity contribution in [3.8, 4) is 0 Å². The summed E-state index contributed by atoms with van der Waals surface area (Å²) in [7, 11) is -3.84. The van der Waals surface area contributed by atoms with Gasteiger partial charge in [-0.1, -0.05) is 26.3 Å². The van der Waals surface area contributed by atoms with Crippen LogP contribution in [0.1, 0.15) is 56.5 Å². The third kappa shape index (κ3) is 4.82. The molecule has 0 bridgehead atoms. The van der Waals surface area contributed by atoms with Crippen molar-refractivity contribution in [3.63, 3.8) is 0 Å². The Bertz CT molecular complexity index is 622. The van der Waals surface area contributed by atoms with Crippen molar-refractivity contribution in [2.24, 2.45) is 5.14 Å². The quantitative estimate of drug-likeness (QED) is 0.844. The predicted molar refractivity (Wildman–Crippen MR) is 83.6 cm³/mol. The van der Waals surface area contributed by atoms with Crippen molar-refractivity contribution in [2.45, 2.75) is 57.4 Å². The molecular weight excluding hydrogens is 288 g/mol. The first kappa shape index (κ1) is 17.7. The molecule has 0 aromatic heterocycles. The predicted octanol–water partition coefficient (Wildman–Crippen LogP) is 2.20. The van der Waals surface area contributed by atoms with Crippen LogP contribution in [0.5, 0.6) is 0 Å². The second-order valence-electron chi connectivity index (χ2n) is 5.81. The van der Waals surface area contributed by atoms with E-state index in [2.05, 4.69) is 5.32 Å². The number of hydrogen-bond acceptors (Lipinski definition) is 3. The summed E-state index contributed by atoms with van der Waals surface area (Å²) in [4.78, 5) is 12.3. The van der Waals surface area contributed by atoms with E-state index in [9.17, 15) is 13.2 Å². The molecule has 0 fully saturated rings. The third-order valence-corrected chi connectivity index (χ3v) is 4.34. The van der Waals surface area contributed by atoms with Crippen LogP contribution in [0.2, 0.25) is 0 Å². The van der Waals surface area contributed by atoms with Crippen molar-refractivity contribution < 1.29 is 13.2 Å². The van der Waals surface area contributed by atoms with Gasteiger partial charge in [-0.2, -0.15) is 0 Å². The van der Waals surface area contributed by atoms with Gasteiger partial charge in [0.25, 0.3) is 5.91 Å². The maximum Gasteiger partial charge on any atom is 0.251 e. The van der Waals surface area contributed by atoms with Crippen molar-refractivity contribution >= 4 is 15.9 Å². The average Bonchev–Trinajstić information content (AvgIpc) is 2.36. The second kappa shape index (κ2) is 6.58. The molecule has 1 rings (SSSR count). The van der Waals surface area contributed by atoms with Crippen LogP contribution in [0, 0.1) is 0 Å². The average molecular weight is 312 g/mol. The molecule has 3 N–H and O–H groups in total. The molecule has 1 amide bonds. The number of carbonyl (C=O) groups excluding carboxylic acids is 1. The second-order valence-corrected chi connectivity index (χ2v) is 7.34. The SMILES string of the molecule is CCCC(C)(C)NC(=O)c1ccc(CC)c(S(N)(=O)=O)c1. The van der Waals surface area contributed by atoms with Crippen LogP contribution in [-0.4, -0.2) is 19.9 Å². The highest BCUT2D eigenvalue weighted by Crippen LogP contribution is 2.18. The van der Waals surface area contributed by atoms with Crippen molar-refractivity contribution in [3.05, 3.63) is 29.3 Å². The first-order valence-corrected chi connectivity index (χ1v) is 8.63. The van der Waals surface area contributed by atoms with Gasteiger partial charge in [0.2, 0.25) is 10.0 Å². The van der Waals surface area contributed by atoms with Gasteiger partial charge in [0, 0.05) is 11.1 Å². The number of rotatable bonds is 6. The van der Waals surface area contributed by atoms with E-state index in [4.69, 9.17) is 5.14 Å². The van der Waals surface area contributed by atoms with Crippen LogP contribution in [0.3, 0.4) is 0 Å². The number of carbonyl (C=O) groups is 1.